The molecule has 0 aliphatic carbocycles. The van der Waals surface area contributed by atoms with E-state index in [2.05, 4.69) is 34.6 Å². The van der Waals surface area contributed by atoms with Crippen LogP contribution in [-0.2, 0) is 29.4 Å². The molecule has 1 aromatic heterocycles. The molecule has 1 rings (SSSR count). The molecule has 0 aliphatic heterocycles. The van der Waals surface area contributed by atoms with Gasteiger partial charge >= 0.3 is 17.0 Å². The summed E-state index contributed by atoms with van der Waals surface area (Å²) in [5.41, 5.74) is -1.47. The number of hydrogen-bond donors (Lipinski definition) is 0. The molecule has 0 saturated carbocycles. The Morgan fingerprint density at radius 2 is 1.27 bits per heavy atom. The van der Waals surface area contributed by atoms with Crippen LogP contribution in [0.25, 0.3) is 0 Å². The molecule has 1 heterocycles. The molecule has 4 nitrogen and oxygen atoms in total. The second-order valence-corrected chi connectivity index (χ2v) is 6.01. The maximum Gasteiger partial charge on any atom is 0.485 e. The Bertz CT molecular complexity index is 579. The smallest absolute Gasteiger partial charge is 0.485 e. The van der Waals surface area contributed by atoms with E-state index < -0.39 is 15.6 Å². The summed E-state index contributed by atoms with van der Waals surface area (Å²) in [6.45, 7) is 10.9. The molecule has 0 N–H and O–H groups in total. The molecular weight excluding hydrogens is 323 g/mol. The second kappa shape index (κ2) is 7.92. The summed E-state index contributed by atoms with van der Waals surface area (Å²) in [6.07, 6.45) is 3.09. The van der Waals surface area contributed by atoms with E-state index in [0.717, 1.165) is 30.8 Å². The highest BCUT2D eigenvalue weighted by atomic mass is 32.2. The predicted molar refractivity (Wildman–Crippen MR) is 76.5 cm³/mol. The summed E-state index contributed by atoms with van der Waals surface area (Å²) in [4.78, 5) is 0. The first kappa shape index (κ1) is 20.9. The largest absolute Gasteiger partial charge is 0.741 e. The van der Waals surface area contributed by atoms with Crippen molar-refractivity contribution in [3.05, 3.63) is 28.2 Å². The van der Waals surface area contributed by atoms with Crippen LogP contribution in [0.5, 0.6) is 0 Å². The molecule has 0 saturated heterocycles. The van der Waals surface area contributed by atoms with Gasteiger partial charge < -0.3 is 4.55 Å². The minimum atomic E-state index is -6.09. The highest BCUT2D eigenvalue weighted by Gasteiger charge is 2.36. The van der Waals surface area contributed by atoms with Crippen molar-refractivity contribution in [3.63, 3.8) is 0 Å². The third-order valence-electron chi connectivity index (χ3n) is 3.27. The molecule has 0 radical (unpaired) electrons. The van der Waals surface area contributed by atoms with E-state index in [1.54, 1.807) is 0 Å². The van der Waals surface area contributed by atoms with Gasteiger partial charge in [0.1, 0.15) is 0 Å². The molecule has 8 heteroatoms. The molecular formula is C14H21F3O4S. The zero-order chi connectivity index (χ0) is 17.7. The SMILES string of the molecule is CCc1c(C)[13c](CC)[o+][13c](CC)c1C.O=S(=O)([O-])C(F)(F)F. The minimum absolute atomic E-state index is 0.992. The fourth-order valence-electron chi connectivity index (χ4n) is 2.12. The van der Waals surface area contributed by atoms with Crippen LogP contribution in [0.2, 0.25) is 0 Å². The van der Waals surface area contributed by atoms with Gasteiger partial charge in [-0.05, 0) is 25.8 Å². The van der Waals surface area contributed by atoms with E-state index in [0.29, 0.717) is 0 Å². The van der Waals surface area contributed by atoms with E-state index in [4.69, 9.17) is 17.4 Å². The fourth-order valence-corrected chi connectivity index (χ4v) is 2.12. The molecule has 22 heavy (non-hydrogen) atoms. The van der Waals surface area contributed by atoms with Gasteiger partial charge in [0, 0.05) is 0 Å². The molecule has 0 amide bonds. The molecule has 0 atom stereocenters. The lowest BCUT2D eigenvalue weighted by Crippen LogP contribution is -2.21. The highest BCUT2D eigenvalue weighted by Crippen LogP contribution is 2.24. The van der Waals surface area contributed by atoms with Crippen molar-refractivity contribution in [3.8, 4) is 0 Å². The lowest BCUT2D eigenvalue weighted by molar-refractivity contribution is -0.0517. The number of hydrogen-bond acceptors (Lipinski definition) is 3. The summed E-state index contributed by atoms with van der Waals surface area (Å²) in [5.74, 6) is 2.31. The van der Waals surface area contributed by atoms with Crippen molar-refractivity contribution >= 4 is 10.1 Å². The third kappa shape index (κ3) is 5.24. The van der Waals surface area contributed by atoms with E-state index in [1.807, 2.05) is 0 Å². The number of aryl methyl sites for hydroxylation is 2. The Hall–Kier alpha value is -1.15. The van der Waals surface area contributed by atoms with Crippen molar-refractivity contribution in [2.45, 2.75) is 59.4 Å². The average Bonchev–Trinajstić information content (AvgIpc) is 2.38. The standard InChI is InChI=1S/C13H21O.CHF3O3S/c1-6-11-9(4)12(7-2)14-13(8-3)10(11)5;2-1(3,4)8(5,6)7/h6-8H2,1-5H3;(H,5,6,7)/q+1;/p-1/i12+1,13+1;. The van der Waals surface area contributed by atoms with Crippen LogP contribution >= 0.6 is 0 Å². The van der Waals surface area contributed by atoms with E-state index in [9.17, 15) is 13.2 Å². The lowest BCUT2D eigenvalue weighted by Gasteiger charge is -2.08. The van der Waals surface area contributed by atoms with E-state index in [-0.39, 0.29) is 0 Å². The van der Waals surface area contributed by atoms with Crippen LogP contribution in [0.1, 0.15) is 49.0 Å². The van der Waals surface area contributed by atoms with Crippen LogP contribution in [0.3, 0.4) is 0 Å². The Morgan fingerprint density at radius 3 is 1.45 bits per heavy atom. The maximum atomic E-state index is 10.7. The maximum absolute atomic E-state index is 10.7. The normalized spacial score (nSPS) is 11.9. The van der Waals surface area contributed by atoms with Gasteiger partial charge in [-0.15, -0.1) is 0 Å². The molecule has 0 fully saturated rings. The molecule has 0 aliphatic rings. The Kier molecular flexibility index (Phi) is 7.50. The van der Waals surface area contributed by atoms with Gasteiger partial charge in [0.15, 0.2) is 10.1 Å². The molecule has 1 aromatic rings. The lowest BCUT2D eigenvalue weighted by atomic mass is 10.1. The van der Waals surface area contributed by atoms with Crippen molar-refractivity contribution in [2.24, 2.45) is 0 Å². The monoisotopic (exact) mass is 344 g/mol. The summed E-state index contributed by atoms with van der Waals surface area (Å²) >= 11 is 0. The molecule has 0 spiro atoms. The van der Waals surface area contributed by atoms with Crippen molar-refractivity contribution in [1.82, 2.24) is 0 Å². The molecule has 0 aromatic carbocycles. The molecule has 0 unspecified atom stereocenters. The van der Waals surface area contributed by atoms with E-state index >= 15 is 0 Å². The zero-order valence-corrected chi connectivity index (χ0v) is 14.1. The topological polar surface area (TPSA) is 68.5 Å². The van der Waals surface area contributed by atoms with Gasteiger partial charge in [-0.1, -0.05) is 20.8 Å². The van der Waals surface area contributed by atoms with Crippen LogP contribution in [0.4, 0.5) is 13.2 Å². The van der Waals surface area contributed by atoms with Gasteiger partial charge in [0.05, 0.1) is 24.0 Å². The Labute approximate surface area is 129 Å². The Balaban J connectivity index is 0.000000472. The predicted octanol–water partition coefficient (Wildman–Crippen LogP) is 3.92. The summed E-state index contributed by atoms with van der Waals surface area (Å²) in [5, 5.41) is 0. The minimum Gasteiger partial charge on any atom is -0.741 e. The van der Waals surface area contributed by atoms with Crippen molar-refractivity contribution in [2.75, 3.05) is 0 Å². The van der Waals surface area contributed by atoms with Crippen LogP contribution < -0.4 is 0 Å². The van der Waals surface area contributed by atoms with Crippen LogP contribution in [0, 0.1) is 13.8 Å². The quantitative estimate of drug-likeness (QED) is 0.473. The summed E-state index contributed by atoms with van der Waals surface area (Å²) < 4.78 is 64.8. The van der Waals surface area contributed by atoms with Crippen LogP contribution in [0.15, 0.2) is 4.42 Å². The Morgan fingerprint density at radius 1 is 0.955 bits per heavy atom. The first-order chi connectivity index (χ1) is 9.90. The zero-order valence-electron chi connectivity index (χ0n) is 13.3. The third-order valence-corrected chi connectivity index (χ3v) is 3.83. The van der Waals surface area contributed by atoms with Gasteiger partial charge in [0.25, 0.3) is 0 Å². The molecule has 0 bridgehead atoms. The molecule has 128 valence electrons. The average molecular weight is 344 g/mol. The highest BCUT2D eigenvalue weighted by molar-refractivity contribution is 7.86. The van der Waals surface area contributed by atoms with Crippen LogP contribution in [-0.4, -0.2) is 18.5 Å². The van der Waals surface area contributed by atoms with Gasteiger partial charge in [-0.2, -0.15) is 13.2 Å². The first-order valence-corrected chi connectivity index (χ1v) is 8.27. The van der Waals surface area contributed by atoms with Gasteiger partial charge in [0.2, 0.25) is 0 Å². The van der Waals surface area contributed by atoms with E-state index in [1.165, 1.54) is 16.7 Å². The second-order valence-electron chi connectivity index (χ2n) is 4.64. The number of halogens is 3. The first-order valence-electron chi connectivity index (χ1n) is 6.86. The van der Waals surface area contributed by atoms with Gasteiger partial charge in [-0.3, -0.25) is 0 Å². The van der Waals surface area contributed by atoms with Gasteiger partial charge in [-0.25, -0.2) is 12.8 Å². The fraction of sp³-hybridized carbons (Fsp3) is 0.643. The van der Waals surface area contributed by atoms with Crippen molar-refractivity contribution < 1.29 is 30.6 Å². The summed E-state index contributed by atoms with van der Waals surface area (Å²) in [6, 6.07) is 0. The number of alkyl halides is 3. The van der Waals surface area contributed by atoms with Crippen molar-refractivity contribution in [1.29, 1.82) is 0 Å². The number of rotatable bonds is 3. The summed E-state index contributed by atoms with van der Waals surface area (Å²) in [7, 11) is -6.09.